The van der Waals surface area contributed by atoms with Gasteiger partial charge in [-0.05, 0) is 31.2 Å². The minimum Gasteiger partial charge on any atom is -0.489 e. The van der Waals surface area contributed by atoms with E-state index >= 15 is 0 Å². The Bertz CT molecular complexity index is 1120. The summed E-state index contributed by atoms with van der Waals surface area (Å²) in [5.74, 6) is 0.258. The molecule has 1 fully saturated rings. The first kappa shape index (κ1) is 21.1. The van der Waals surface area contributed by atoms with Crippen molar-refractivity contribution in [2.24, 2.45) is 0 Å². The minimum absolute atomic E-state index is 0.0983. The highest BCUT2D eigenvalue weighted by Crippen LogP contribution is 2.32. The number of ether oxygens (including phenoxy) is 1. The lowest BCUT2D eigenvalue weighted by atomic mass is 9.93. The van der Waals surface area contributed by atoms with E-state index in [1.807, 2.05) is 0 Å². The number of rotatable bonds is 6. The van der Waals surface area contributed by atoms with Crippen molar-refractivity contribution in [2.75, 3.05) is 19.7 Å². The quantitative estimate of drug-likeness (QED) is 0.551. The number of pyridine rings is 1. The first-order valence-corrected chi connectivity index (χ1v) is 9.53. The molecule has 10 heteroatoms. The van der Waals surface area contributed by atoms with Gasteiger partial charge in [-0.1, -0.05) is 6.07 Å². The van der Waals surface area contributed by atoms with Gasteiger partial charge in [0.25, 0.3) is 5.91 Å². The van der Waals surface area contributed by atoms with Crippen LogP contribution in [0.5, 0.6) is 5.75 Å². The van der Waals surface area contributed by atoms with Crippen LogP contribution in [0.2, 0.25) is 0 Å². The second kappa shape index (κ2) is 7.86. The molecule has 3 heterocycles. The van der Waals surface area contributed by atoms with Gasteiger partial charge in [-0.15, -0.1) is 0 Å². The van der Waals surface area contributed by atoms with Crippen molar-refractivity contribution < 1.29 is 32.2 Å². The third kappa shape index (κ3) is 4.08. The van der Waals surface area contributed by atoms with Crippen LogP contribution >= 0.6 is 0 Å². The van der Waals surface area contributed by atoms with Gasteiger partial charge in [0.1, 0.15) is 23.7 Å². The number of furan rings is 1. The van der Waals surface area contributed by atoms with Crippen LogP contribution in [0.1, 0.15) is 27.4 Å². The van der Waals surface area contributed by atoms with Crippen molar-refractivity contribution in [3.63, 3.8) is 0 Å². The van der Waals surface area contributed by atoms with E-state index in [0.717, 1.165) is 6.20 Å². The zero-order valence-electron chi connectivity index (χ0n) is 16.5. The Kier molecular flexibility index (Phi) is 5.36. The number of hydrogen-bond acceptors (Lipinski definition) is 6. The maximum absolute atomic E-state index is 13.1. The minimum atomic E-state index is -4.59. The average Bonchev–Trinajstić information content (AvgIpc) is 3.03. The third-order valence-electron chi connectivity index (χ3n) is 5.22. The van der Waals surface area contributed by atoms with E-state index in [1.165, 1.54) is 12.1 Å². The van der Waals surface area contributed by atoms with E-state index in [2.05, 4.69) is 15.6 Å². The van der Waals surface area contributed by atoms with Crippen molar-refractivity contribution >= 4 is 16.9 Å². The van der Waals surface area contributed by atoms with Crippen LogP contribution in [0.4, 0.5) is 13.2 Å². The number of amides is 1. The highest BCUT2D eigenvalue weighted by Gasteiger charge is 2.39. The van der Waals surface area contributed by atoms with E-state index in [9.17, 15) is 23.1 Å². The number of fused-ring (bicyclic) bond motifs is 1. The van der Waals surface area contributed by atoms with E-state index in [4.69, 9.17) is 9.15 Å². The molecule has 3 N–H and O–H groups in total. The Hall–Kier alpha value is -3.11. The Morgan fingerprint density at radius 3 is 2.77 bits per heavy atom. The van der Waals surface area contributed by atoms with Crippen LogP contribution in [-0.2, 0) is 12.8 Å². The van der Waals surface area contributed by atoms with Crippen molar-refractivity contribution in [1.29, 1.82) is 0 Å². The Labute approximate surface area is 175 Å². The van der Waals surface area contributed by atoms with Crippen molar-refractivity contribution in [3.05, 3.63) is 59.1 Å². The molecule has 7 nitrogen and oxygen atoms in total. The predicted molar refractivity (Wildman–Crippen MR) is 105 cm³/mol. The molecule has 0 spiro atoms. The van der Waals surface area contributed by atoms with Crippen molar-refractivity contribution in [3.8, 4) is 5.75 Å². The molecule has 4 rings (SSSR count). The third-order valence-corrected chi connectivity index (χ3v) is 5.22. The molecule has 3 aromatic rings. The van der Waals surface area contributed by atoms with Gasteiger partial charge in [-0.2, -0.15) is 13.2 Å². The number of benzene rings is 1. The van der Waals surface area contributed by atoms with Crippen molar-refractivity contribution in [1.82, 2.24) is 15.6 Å². The lowest BCUT2D eigenvalue weighted by Gasteiger charge is -2.41. The number of alkyl halides is 3. The Morgan fingerprint density at radius 1 is 1.35 bits per heavy atom. The highest BCUT2D eigenvalue weighted by molar-refractivity contribution is 6.07. The molecule has 31 heavy (non-hydrogen) atoms. The van der Waals surface area contributed by atoms with Crippen molar-refractivity contribution in [2.45, 2.75) is 25.2 Å². The fraction of sp³-hybridized carbons (Fsp3) is 0.333. The first-order valence-electron chi connectivity index (χ1n) is 9.53. The van der Waals surface area contributed by atoms with Gasteiger partial charge in [-0.3, -0.25) is 9.78 Å². The number of halogens is 3. The summed E-state index contributed by atoms with van der Waals surface area (Å²) < 4.78 is 50.6. The molecule has 0 atom stereocenters. The summed E-state index contributed by atoms with van der Waals surface area (Å²) in [6, 6.07) is 7.41. The highest BCUT2D eigenvalue weighted by atomic mass is 19.4. The van der Waals surface area contributed by atoms with Crippen LogP contribution in [0, 0.1) is 6.92 Å². The zero-order valence-corrected chi connectivity index (χ0v) is 16.5. The van der Waals surface area contributed by atoms with Crippen LogP contribution in [0.25, 0.3) is 11.0 Å². The molecule has 2 aromatic heterocycles. The standard InChI is InChI=1S/C21H20F3N3O4/c1-12-17(19(29)27-20(11-28)9-25-10-20)15-7-14(4-5-16(15)31-12)30-8-13-3-2-6-26-18(13)21(22,23)24/h2-7,25,28H,8-11H2,1H3,(H,27,29). The zero-order chi connectivity index (χ0) is 22.2. The number of carbonyl (C=O) groups excluding carboxylic acids is 1. The number of nitrogens with one attached hydrogen (secondary N) is 2. The molecule has 1 saturated heterocycles. The fourth-order valence-electron chi connectivity index (χ4n) is 3.51. The van der Waals surface area contributed by atoms with Crippen LogP contribution in [0.15, 0.2) is 40.9 Å². The van der Waals surface area contributed by atoms with Gasteiger partial charge >= 0.3 is 6.18 Å². The van der Waals surface area contributed by atoms with E-state index in [-0.39, 0.29) is 30.1 Å². The molecule has 0 radical (unpaired) electrons. The predicted octanol–water partition coefficient (Wildman–Crippen LogP) is 2.80. The summed E-state index contributed by atoms with van der Waals surface area (Å²) in [6.45, 7) is 1.99. The number of aliphatic hydroxyl groups is 1. The molecule has 0 bridgehead atoms. The summed E-state index contributed by atoms with van der Waals surface area (Å²) >= 11 is 0. The monoisotopic (exact) mass is 435 g/mol. The van der Waals surface area contributed by atoms with Crippen LogP contribution in [-0.4, -0.2) is 41.2 Å². The summed E-state index contributed by atoms with van der Waals surface area (Å²) in [7, 11) is 0. The number of hydrogen-bond donors (Lipinski definition) is 3. The number of aryl methyl sites for hydroxylation is 1. The number of nitrogens with zero attached hydrogens (tertiary/aromatic N) is 1. The van der Waals surface area contributed by atoms with Gasteiger partial charge in [0.15, 0.2) is 5.69 Å². The molecule has 164 valence electrons. The maximum Gasteiger partial charge on any atom is 0.433 e. The average molecular weight is 435 g/mol. The Balaban J connectivity index is 1.59. The SMILES string of the molecule is Cc1oc2ccc(OCc3cccnc3C(F)(F)F)cc2c1C(=O)NC1(CO)CNC1. The molecular formula is C21H20F3N3O4. The maximum atomic E-state index is 13.1. The molecule has 0 unspecified atom stereocenters. The molecular weight excluding hydrogens is 415 g/mol. The summed E-state index contributed by atoms with van der Waals surface area (Å²) in [5.41, 5.74) is -1.09. The normalized spacial score (nSPS) is 15.5. The second-order valence-electron chi connectivity index (χ2n) is 7.48. The number of carbonyl (C=O) groups is 1. The van der Waals surface area contributed by atoms with Gasteiger partial charge in [0.05, 0.1) is 17.7 Å². The van der Waals surface area contributed by atoms with E-state index in [0.29, 0.717) is 29.8 Å². The van der Waals surface area contributed by atoms with E-state index in [1.54, 1.807) is 25.1 Å². The van der Waals surface area contributed by atoms with Gasteiger partial charge in [-0.25, -0.2) is 0 Å². The molecule has 1 aliphatic heterocycles. The molecule has 0 saturated carbocycles. The Morgan fingerprint density at radius 2 is 2.13 bits per heavy atom. The number of aliphatic hydroxyl groups excluding tert-OH is 1. The number of aromatic nitrogens is 1. The lowest BCUT2D eigenvalue weighted by Crippen LogP contribution is -2.71. The van der Waals surface area contributed by atoms with Crippen LogP contribution < -0.4 is 15.4 Å². The van der Waals surface area contributed by atoms with Crippen LogP contribution in [0.3, 0.4) is 0 Å². The first-order chi connectivity index (χ1) is 14.7. The van der Waals surface area contributed by atoms with E-state index < -0.39 is 23.3 Å². The summed E-state index contributed by atoms with van der Waals surface area (Å²) in [6.07, 6.45) is -3.51. The molecule has 1 amide bonds. The topological polar surface area (TPSA) is 96.6 Å². The largest absolute Gasteiger partial charge is 0.489 e. The smallest absolute Gasteiger partial charge is 0.433 e. The molecule has 0 aliphatic carbocycles. The fourth-order valence-corrected chi connectivity index (χ4v) is 3.51. The van der Waals surface area contributed by atoms with Gasteiger partial charge in [0, 0.05) is 30.2 Å². The summed E-state index contributed by atoms with van der Waals surface area (Å²) in [4.78, 5) is 16.3. The lowest BCUT2D eigenvalue weighted by molar-refractivity contribution is -0.142. The second-order valence-corrected chi connectivity index (χ2v) is 7.48. The molecule has 1 aromatic carbocycles. The van der Waals surface area contributed by atoms with Gasteiger partial charge < -0.3 is 24.9 Å². The van der Waals surface area contributed by atoms with Gasteiger partial charge in [0.2, 0.25) is 0 Å². The molecule has 1 aliphatic rings. The summed E-state index contributed by atoms with van der Waals surface area (Å²) in [5, 5.41) is 15.9.